The molecule has 1 unspecified atom stereocenters. The van der Waals surface area contributed by atoms with Crippen LogP contribution in [-0.4, -0.2) is 24.6 Å². The van der Waals surface area contributed by atoms with E-state index in [2.05, 4.69) is 4.74 Å². The largest absolute Gasteiger partial charge is 0.463 e. The minimum absolute atomic E-state index is 0.268. The first kappa shape index (κ1) is 12.5. The van der Waals surface area contributed by atoms with Crippen molar-refractivity contribution in [1.29, 1.82) is 0 Å². The number of ether oxygens (including phenoxy) is 1. The molecule has 4 heteroatoms. The lowest BCUT2D eigenvalue weighted by atomic mass is 9.80. The van der Waals surface area contributed by atoms with Gasteiger partial charge in [0.2, 0.25) is 0 Å². The summed E-state index contributed by atoms with van der Waals surface area (Å²) in [5, 5.41) is 0. The Morgan fingerprint density at radius 1 is 1.33 bits per heavy atom. The molecule has 0 radical (unpaired) electrons. The molecule has 0 fully saturated rings. The number of carbonyl (C=O) groups excluding carboxylic acids is 3. The molecule has 1 aromatic carbocycles. The van der Waals surface area contributed by atoms with Gasteiger partial charge in [0.15, 0.2) is 5.78 Å². The maximum atomic E-state index is 12.2. The monoisotopic (exact) mass is 246 g/mol. The van der Waals surface area contributed by atoms with Crippen LogP contribution in [0.5, 0.6) is 0 Å². The highest BCUT2D eigenvalue weighted by atomic mass is 16.5. The lowest BCUT2D eigenvalue weighted by Crippen LogP contribution is -2.34. The summed E-state index contributed by atoms with van der Waals surface area (Å²) in [5.41, 5.74) is 2.47. The van der Waals surface area contributed by atoms with Gasteiger partial charge in [0.1, 0.15) is 0 Å². The fraction of sp³-hybridized carbons (Fsp3) is 0.357. The van der Waals surface area contributed by atoms with Gasteiger partial charge in [-0.15, -0.1) is 0 Å². The van der Waals surface area contributed by atoms with Gasteiger partial charge < -0.3 is 4.74 Å². The Labute approximate surface area is 105 Å². The molecule has 0 saturated heterocycles. The molecule has 1 aromatic rings. The highest BCUT2D eigenvalue weighted by molar-refractivity contribution is 6.39. The summed E-state index contributed by atoms with van der Waals surface area (Å²) in [6.07, 6.45) is 1.01. The molecule has 0 aromatic heterocycles. The first-order valence-electron chi connectivity index (χ1n) is 5.80. The van der Waals surface area contributed by atoms with Crippen molar-refractivity contribution in [2.24, 2.45) is 5.92 Å². The number of methoxy groups -OCH3 is 1. The fourth-order valence-corrected chi connectivity index (χ4v) is 2.25. The SMILES string of the molecule is COC(=O)C(=O)C1CCc2ccc(C)cc2C1=O. The molecule has 0 heterocycles. The second-order valence-electron chi connectivity index (χ2n) is 4.47. The van der Waals surface area contributed by atoms with Crippen LogP contribution in [0.1, 0.15) is 27.9 Å². The Kier molecular flexibility index (Phi) is 3.28. The number of benzene rings is 1. The number of hydrogen-bond acceptors (Lipinski definition) is 4. The minimum Gasteiger partial charge on any atom is -0.463 e. The minimum atomic E-state index is -0.940. The molecule has 0 bridgehead atoms. The molecular weight excluding hydrogens is 232 g/mol. The summed E-state index contributed by atoms with van der Waals surface area (Å²) < 4.78 is 4.38. The zero-order valence-electron chi connectivity index (χ0n) is 10.4. The van der Waals surface area contributed by atoms with Crippen molar-refractivity contribution in [3.8, 4) is 0 Å². The van der Waals surface area contributed by atoms with Crippen molar-refractivity contribution < 1.29 is 19.1 Å². The van der Waals surface area contributed by atoms with E-state index in [1.54, 1.807) is 6.07 Å². The van der Waals surface area contributed by atoms with Crippen molar-refractivity contribution in [3.05, 3.63) is 34.9 Å². The van der Waals surface area contributed by atoms with Gasteiger partial charge in [-0.25, -0.2) is 4.79 Å². The number of ketones is 2. The predicted octanol–water partition coefficient (Wildman–Crippen LogP) is 1.48. The molecule has 0 N–H and O–H groups in total. The lowest BCUT2D eigenvalue weighted by Gasteiger charge is -2.21. The summed E-state index contributed by atoms with van der Waals surface area (Å²) in [6.45, 7) is 1.89. The Bertz CT molecular complexity index is 531. The van der Waals surface area contributed by atoms with Crippen LogP contribution in [0.25, 0.3) is 0 Å². The van der Waals surface area contributed by atoms with E-state index in [4.69, 9.17) is 0 Å². The van der Waals surface area contributed by atoms with E-state index in [0.717, 1.165) is 18.2 Å². The van der Waals surface area contributed by atoms with Crippen LogP contribution in [0.4, 0.5) is 0 Å². The van der Waals surface area contributed by atoms with E-state index < -0.39 is 17.7 Å². The Hall–Kier alpha value is -1.97. The van der Waals surface area contributed by atoms with Crippen molar-refractivity contribution in [1.82, 2.24) is 0 Å². The quantitative estimate of drug-likeness (QED) is 0.450. The highest BCUT2D eigenvalue weighted by Gasteiger charge is 2.36. The molecule has 94 valence electrons. The average Bonchev–Trinajstić information content (AvgIpc) is 2.38. The fourth-order valence-electron chi connectivity index (χ4n) is 2.25. The molecule has 1 atom stereocenters. The Balaban J connectivity index is 2.33. The summed E-state index contributed by atoms with van der Waals surface area (Å²) >= 11 is 0. The lowest BCUT2D eigenvalue weighted by molar-refractivity contribution is -0.153. The van der Waals surface area contributed by atoms with E-state index in [1.807, 2.05) is 19.1 Å². The first-order valence-corrected chi connectivity index (χ1v) is 5.80. The summed E-state index contributed by atoms with van der Waals surface area (Å²) in [5.74, 6) is -2.83. The third-order valence-corrected chi connectivity index (χ3v) is 3.25. The first-order chi connectivity index (χ1) is 8.54. The van der Waals surface area contributed by atoms with Crippen LogP contribution >= 0.6 is 0 Å². The second kappa shape index (κ2) is 4.72. The van der Waals surface area contributed by atoms with Gasteiger partial charge in [0.05, 0.1) is 13.0 Å². The molecule has 4 nitrogen and oxygen atoms in total. The molecule has 0 aliphatic heterocycles. The van der Waals surface area contributed by atoms with Gasteiger partial charge in [-0.1, -0.05) is 17.7 Å². The number of aryl methyl sites for hydroxylation is 2. The zero-order valence-corrected chi connectivity index (χ0v) is 10.4. The van der Waals surface area contributed by atoms with Gasteiger partial charge in [0.25, 0.3) is 5.78 Å². The number of hydrogen-bond donors (Lipinski definition) is 0. The van der Waals surface area contributed by atoms with Gasteiger partial charge in [0, 0.05) is 5.56 Å². The van der Waals surface area contributed by atoms with Crippen molar-refractivity contribution in [2.45, 2.75) is 19.8 Å². The number of fused-ring (bicyclic) bond motifs is 1. The van der Waals surface area contributed by atoms with Crippen molar-refractivity contribution in [3.63, 3.8) is 0 Å². The molecule has 1 aliphatic carbocycles. The van der Waals surface area contributed by atoms with E-state index in [-0.39, 0.29) is 5.78 Å². The third kappa shape index (κ3) is 2.06. The topological polar surface area (TPSA) is 60.4 Å². The van der Waals surface area contributed by atoms with Crippen molar-refractivity contribution >= 4 is 17.5 Å². The standard InChI is InChI=1S/C14H14O4/c1-8-3-4-9-5-6-10(12(15)11(9)7-8)13(16)14(17)18-2/h3-4,7,10H,5-6H2,1-2H3. The number of esters is 1. The van der Waals surface area contributed by atoms with Gasteiger partial charge in [-0.3, -0.25) is 9.59 Å². The van der Waals surface area contributed by atoms with Crippen LogP contribution in [-0.2, 0) is 20.7 Å². The second-order valence-corrected chi connectivity index (χ2v) is 4.47. The number of carbonyl (C=O) groups is 3. The Morgan fingerprint density at radius 2 is 2.06 bits per heavy atom. The normalized spacial score (nSPS) is 18.1. The summed E-state index contributed by atoms with van der Waals surface area (Å²) in [4.78, 5) is 35.2. The number of rotatable bonds is 2. The average molecular weight is 246 g/mol. The summed E-state index contributed by atoms with van der Waals surface area (Å²) in [6, 6.07) is 5.62. The Morgan fingerprint density at radius 3 is 2.72 bits per heavy atom. The predicted molar refractivity (Wildman–Crippen MR) is 64.3 cm³/mol. The molecule has 1 aliphatic rings. The van der Waals surface area contributed by atoms with Gasteiger partial charge >= 0.3 is 5.97 Å². The zero-order chi connectivity index (χ0) is 13.3. The molecule has 0 saturated carbocycles. The summed E-state index contributed by atoms with van der Waals surface area (Å²) in [7, 11) is 1.14. The van der Waals surface area contributed by atoms with E-state index >= 15 is 0 Å². The molecular formula is C14H14O4. The van der Waals surface area contributed by atoms with Crippen LogP contribution in [0.2, 0.25) is 0 Å². The third-order valence-electron chi connectivity index (χ3n) is 3.25. The van der Waals surface area contributed by atoms with E-state index in [1.165, 1.54) is 0 Å². The molecule has 18 heavy (non-hydrogen) atoms. The maximum absolute atomic E-state index is 12.2. The molecule has 0 amide bonds. The highest BCUT2D eigenvalue weighted by Crippen LogP contribution is 2.27. The maximum Gasteiger partial charge on any atom is 0.375 e. The van der Waals surface area contributed by atoms with Crippen molar-refractivity contribution in [2.75, 3.05) is 7.11 Å². The van der Waals surface area contributed by atoms with Crippen LogP contribution in [0, 0.1) is 12.8 Å². The number of Topliss-reactive ketones (excluding diaryl/α,β-unsaturated/α-hetero) is 2. The molecule has 0 spiro atoms. The van der Waals surface area contributed by atoms with E-state index in [9.17, 15) is 14.4 Å². The smallest absolute Gasteiger partial charge is 0.375 e. The molecule has 2 rings (SSSR count). The van der Waals surface area contributed by atoms with Crippen LogP contribution in [0.3, 0.4) is 0 Å². The van der Waals surface area contributed by atoms with Gasteiger partial charge in [-0.05, 0) is 31.4 Å². The van der Waals surface area contributed by atoms with Gasteiger partial charge in [-0.2, -0.15) is 0 Å². The van der Waals surface area contributed by atoms with E-state index in [0.29, 0.717) is 18.4 Å². The van der Waals surface area contributed by atoms with Crippen LogP contribution in [0.15, 0.2) is 18.2 Å². The van der Waals surface area contributed by atoms with Crippen LogP contribution < -0.4 is 0 Å².